The molecule has 4 heterocycles. The molecule has 0 atom stereocenters. The molecule has 1 aromatic carbocycles. The van der Waals surface area contributed by atoms with Crippen LogP contribution >= 0.6 is 22.7 Å². The van der Waals surface area contributed by atoms with Crippen molar-refractivity contribution in [2.24, 2.45) is 0 Å². The second-order valence-corrected chi connectivity index (χ2v) is 8.54. The molecular formula is C21H17N3O4S2. The molecule has 1 aliphatic heterocycles. The third kappa shape index (κ3) is 3.57. The van der Waals surface area contributed by atoms with Crippen molar-refractivity contribution >= 4 is 38.8 Å². The standard InChI is InChI=1S/C21H17N3O4S2/c25-18(22-9-13-3-4-15-16(8-13)28-6-5-27-15)10-24-12-23-20-19(21(24)26)14(11-30-20)17-2-1-7-29-17/h1-4,7-8,11-12H,5-6,9-10H2,(H,22,25). The topological polar surface area (TPSA) is 82.5 Å². The highest BCUT2D eigenvalue weighted by Crippen LogP contribution is 2.33. The summed E-state index contributed by atoms with van der Waals surface area (Å²) in [4.78, 5) is 31.5. The van der Waals surface area contributed by atoms with Gasteiger partial charge in [0.25, 0.3) is 5.56 Å². The van der Waals surface area contributed by atoms with Gasteiger partial charge in [0, 0.05) is 22.4 Å². The maximum Gasteiger partial charge on any atom is 0.263 e. The number of carbonyl (C=O) groups excluding carboxylic acids is 1. The highest BCUT2D eigenvalue weighted by atomic mass is 32.1. The lowest BCUT2D eigenvalue weighted by Gasteiger charge is -2.19. The molecule has 30 heavy (non-hydrogen) atoms. The van der Waals surface area contributed by atoms with Gasteiger partial charge in [-0.05, 0) is 29.1 Å². The summed E-state index contributed by atoms with van der Waals surface area (Å²) < 4.78 is 12.4. The average Bonchev–Trinajstić information content (AvgIpc) is 3.44. The highest BCUT2D eigenvalue weighted by Gasteiger charge is 2.16. The van der Waals surface area contributed by atoms with Crippen molar-refractivity contribution in [3.05, 3.63) is 63.3 Å². The van der Waals surface area contributed by atoms with E-state index in [1.165, 1.54) is 22.2 Å². The van der Waals surface area contributed by atoms with Crippen molar-refractivity contribution in [3.63, 3.8) is 0 Å². The van der Waals surface area contributed by atoms with Gasteiger partial charge < -0.3 is 14.8 Å². The number of aromatic nitrogens is 2. The predicted molar refractivity (Wildman–Crippen MR) is 116 cm³/mol. The van der Waals surface area contributed by atoms with Crippen LogP contribution in [0.5, 0.6) is 11.5 Å². The van der Waals surface area contributed by atoms with E-state index in [-0.39, 0.29) is 18.0 Å². The van der Waals surface area contributed by atoms with Gasteiger partial charge in [-0.3, -0.25) is 14.2 Å². The Balaban J connectivity index is 1.32. The number of amides is 1. The van der Waals surface area contributed by atoms with Gasteiger partial charge in [0.1, 0.15) is 24.6 Å². The van der Waals surface area contributed by atoms with E-state index in [1.54, 1.807) is 11.3 Å². The predicted octanol–water partition coefficient (Wildman–Crippen LogP) is 3.27. The first kappa shape index (κ1) is 18.8. The SMILES string of the molecule is O=C(Cn1cnc2scc(-c3cccs3)c2c1=O)NCc1ccc2c(c1)OCCO2. The largest absolute Gasteiger partial charge is 0.486 e. The lowest BCUT2D eigenvalue weighted by atomic mass is 10.2. The summed E-state index contributed by atoms with van der Waals surface area (Å²) in [6.07, 6.45) is 1.43. The Morgan fingerprint density at radius 2 is 2.03 bits per heavy atom. The molecule has 1 amide bonds. The van der Waals surface area contributed by atoms with Crippen LogP contribution in [-0.2, 0) is 17.9 Å². The van der Waals surface area contributed by atoms with E-state index in [9.17, 15) is 9.59 Å². The zero-order valence-corrected chi connectivity index (χ0v) is 17.4. The molecule has 5 rings (SSSR count). The third-order valence-corrected chi connectivity index (χ3v) is 6.55. The van der Waals surface area contributed by atoms with Gasteiger partial charge in [0.15, 0.2) is 11.5 Å². The van der Waals surface area contributed by atoms with Crippen molar-refractivity contribution in [1.82, 2.24) is 14.9 Å². The number of nitrogens with zero attached hydrogens (tertiary/aromatic N) is 2. The molecule has 0 spiro atoms. The number of hydrogen-bond donors (Lipinski definition) is 1. The Hall–Kier alpha value is -3.17. The minimum Gasteiger partial charge on any atom is -0.486 e. The Labute approximate surface area is 179 Å². The first-order chi connectivity index (χ1) is 14.7. The normalized spacial score (nSPS) is 12.8. The molecule has 1 N–H and O–H groups in total. The maximum absolute atomic E-state index is 13.0. The number of benzene rings is 1. The summed E-state index contributed by atoms with van der Waals surface area (Å²) in [5, 5.41) is 7.32. The Bertz CT molecular complexity index is 1280. The van der Waals surface area contributed by atoms with Crippen molar-refractivity contribution in [3.8, 4) is 21.9 Å². The van der Waals surface area contributed by atoms with E-state index < -0.39 is 0 Å². The summed E-state index contributed by atoms with van der Waals surface area (Å²) in [5.74, 6) is 1.12. The second-order valence-electron chi connectivity index (χ2n) is 6.74. The van der Waals surface area contributed by atoms with Gasteiger partial charge in [-0.15, -0.1) is 22.7 Å². The van der Waals surface area contributed by atoms with Crippen LogP contribution in [0.15, 0.2) is 52.2 Å². The van der Waals surface area contributed by atoms with Crippen molar-refractivity contribution in [1.29, 1.82) is 0 Å². The molecule has 0 saturated heterocycles. The Morgan fingerprint density at radius 3 is 2.87 bits per heavy atom. The number of hydrogen-bond acceptors (Lipinski definition) is 7. The molecule has 152 valence electrons. The summed E-state index contributed by atoms with van der Waals surface area (Å²) in [5.41, 5.74) is 1.55. The van der Waals surface area contributed by atoms with E-state index in [1.807, 2.05) is 41.1 Å². The lowest BCUT2D eigenvalue weighted by Crippen LogP contribution is -2.32. The quantitative estimate of drug-likeness (QED) is 0.516. The second kappa shape index (κ2) is 7.92. The minimum absolute atomic E-state index is 0.0912. The zero-order chi connectivity index (χ0) is 20.5. The summed E-state index contributed by atoms with van der Waals surface area (Å²) in [6, 6.07) is 9.49. The van der Waals surface area contributed by atoms with Gasteiger partial charge in [-0.25, -0.2) is 4.98 Å². The third-order valence-electron chi connectivity index (χ3n) is 4.76. The molecule has 0 unspecified atom stereocenters. The number of nitrogens with one attached hydrogen (secondary N) is 1. The van der Waals surface area contributed by atoms with Crippen LogP contribution in [0.1, 0.15) is 5.56 Å². The fourth-order valence-corrected chi connectivity index (χ4v) is 5.02. The summed E-state index contributed by atoms with van der Waals surface area (Å²) >= 11 is 3.00. The van der Waals surface area contributed by atoms with Crippen LogP contribution in [0.3, 0.4) is 0 Å². The van der Waals surface area contributed by atoms with Gasteiger partial charge in [-0.1, -0.05) is 12.1 Å². The highest BCUT2D eigenvalue weighted by molar-refractivity contribution is 7.18. The van der Waals surface area contributed by atoms with E-state index in [2.05, 4.69) is 10.3 Å². The number of fused-ring (bicyclic) bond motifs is 2. The van der Waals surface area contributed by atoms with Crippen LogP contribution in [0, 0.1) is 0 Å². The van der Waals surface area contributed by atoms with Crippen LogP contribution in [-0.4, -0.2) is 28.7 Å². The van der Waals surface area contributed by atoms with Crippen molar-refractivity contribution in [2.45, 2.75) is 13.1 Å². The van der Waals surface area contributed by atoms with E-state index in [0.717, 1.165) is 16.0 Å². The fourth-order valence-electron chi connectivity index (χ4n) is 3.30. The minimum atomic E-state index is -0.263. The number of rotatable bonds is 5. The smallest absolute Gasteiger partial charge is 0.263 e. The lowest BCUT2D eigenvalue weighted by molar-refractivity contribution is -0.121. The number of ether oxygens (including phenoxy) is 2. The molecule has 3 aromatic heterocycles. The van der Waals surface area contributed by atoms with Gasteiger partial charge in [0.2, 0.25) is 5.91 Å². The fraction of sp³-hybridized carbons (Fsp3) is 0.190. The number of carbonyl (C=O) groups is 1. The molecule has 9 heteroatoms. The van der Waals surface area contributed by atoms with E-state index in [0.29, 0.717) is 41.5 Å². The monoisotopic (exact) mass is 439 g/mol. The number of thiophene rings is 2. The average molecular weight is 440 g/mol. The van der Waals surface area contributed by atoms with Gasteiger partial charge in [0.05, 0.1) is 11.7 Å². The first-order valence-electron chi connectivity index (χ1n) is 9.35. The molecule has 0 aliphatic carbocycles. The molecule has 1 aliphatic rings. The zero-order valence-electron chi connectivity index (χ0n) is 15.8. The van der Waals surface area contributed by atoms with E-state index in [4.69, 9.17) is 9.47 Å². The van der Waals surface area contributed by atoms with Crippen LogP contribution in [0.4, 0.5) is 0 Å². The van der Waals surface area contributed by atoms with Crippen molar-refractivity contribution in [2.75, 3.05) is 13.2 Å². The van der Waals surface area contributed by atoms with Crippen LogP contribution < -0.4 is 20.3 Å². The molecule has 0 saturated carbocycles. The molecule has 7 nitrogen and oxygen atoms in total. The van der Waals surface area contributed by atoms with Gasteiger partial charge in [-0.2, -0.15) is 0 Å². The van der Waals surface area contributed by atoms with Crippen LogP contribution in [0.2, 0.25) is 0 Å². The van der Waals surface area contributed by atoms with Crippen LogP contribution in [0.25, 0.3) is 20.7 Å². The van der Waals surface area contributed by atoms with E-state index >= 15 is 0 Å². The molecular weight excluding hydrogens is 422 g/mol. The molecule has 0 bridgehead atoms. The summed E-state index contributed by atoms with van der Waals surface area (Å²) in [6.45, 7) is 1.29. The Kier molecular flexibility index (Phi) is 4.97. The maximum atomic E-state index is 13.0. The van der Waals surface area contributed by atoms with Crippen molar-refractivity contribution < 1.29 is 14.3 Å². The summed E-state index contributed by atoms with van der Waals surface area (Å²) in [7, 11) is 0. The molecule has 4 aromatic rings. The molecule has 0 radical (unpaired) electrons. The molecule has 0 fully saturated rings. The first-order valence-corrected chi connectivity index (χ1v) is 11.1. The Morgan fingerprint density at radius 1 is 1.17 bits per heavy atom. The van der Waals surface area contributed by atoms with Gasteiger partial charge >= 0.3 is 0 Å².